The van der Waals surface area contributed by atoms with E-state index in [-0.39, 0.29) is 12.5 Å². The Balaban J connectivity index is 1.72. The molecule has 0 radical (unpaired) electrons. The molecule has 1 unspecified atom stereocenters. The number of anilines is 1. The third-order valence-corrected chi connectivity index (χ3v) is 5.65. The highest BCUT2D eigenvalue weighted by Crippen LogP contribution is 2.32. The van der Waals surface area contributed by atoms with E-state index < -0.39 is 6.23 Å². The first-order valence-electron chi connectivity index (χ1n) is 9.62. The Labute approximate surface area is 182 Å². The fourth-order valence-corrected chi connectivity index (χ4v) is 3.90. The molecule has 9 heteroatoms. The standard InChI is InChI=1S/C21H22BrN5O3/c1-3-19(29-2)27(9-13-5-7-18(22)26-25-13)21(28)12-4-6-17-14(8-12)15-10-30-11-16(15)20(23)24-17/h4-8,19H,3,9-11H2,1-2H3,(H2,23,24). The van der Waals surface area contributed by atoms with Crippen molar-refractivity contribution in [2.24, 2.45) is 0 Å². The molecule has 2 aromatic heterocycles. The Morgan fingerprint density at radius 3 is 2.77 bits per heavy atom. The van der Waals surface area contributed by atoms with Gasteiger partial charge in [0.1, 0.15) is 16.6 Å². The number of pyridine rings is 1. The summed E-state index contributed by atoms with van der Waals surface area (Å²) in [5.41, 5.74) is 9.92. The summed E-state index contributed by atoms with van der Waals surface area (Å²) < 4.78 is 11.8. The lowest BCUT2D eigenvalue weighted by molar-refractivity contribution is -0.0267. The maximum absolute atomic E-state index is 13.5. The highest BCUT2D eigenvalue weighted by atomic mass is 79.9. The van der Waals surface area contributed by atoms with Crippen LogP contribution in [0.4, 0.5) is 5.82 Å². The van der Waals surface area contributed by atoms with E-state index in [4.69, 9.17) is 15.2 Å². The van der Waals surface area contributed by atoms with Crippen molar-refractivity contribution in [2.75, 3.05) is 12.8 Å². The molecule has 0 spiro atoms. The smallest absolute Gasteiger partial charge is 0.256 e. The number of ether oxygens (including phenoxy) is 2. The minimum Gasteiger partial charge on any atom is -0.383 e. The summed E-state index contributed by atoms with van der Waals surface area (Å²) >= 11 is 3.28. The van der Waals surface area contributed by atoms with Gasteiger partial charge in [-0.2, -0.15) is 5.10 Å². The van der Waals surface area contributed by atoms with Crippen LogP contribution in [0.1, 0.15) is 40.5 Å². The van der Waals surface area contributed by atoms with Gasteiger partial charge in [0.15, 0.2) is 0 Å². The highest BCUT2D eigenvalue weighted by Gasteiger charge is 2.26. The van der Waals surface area contributed by atoms with Crippen molar-refractivity contribution < 1.29 is 14.3 Å². The summed E-state index contributed by atoms with van der Waals surface area (Å²) in [5.74, 6) is 0.328. The average Bonchev–Trinajstić information content (AvgIpc) is 3.26. The van der Waals surface area contributed by atoms with Gasteiger partial charge >= 0.3 is 0 Å². The number of rotatable bonds is 6. The molecule has 1 aromatic carbocycles. The molecule has 0 aliphatic carbocycles. The monoisotopic (exact) mass is 471 g/mol. The fraction of sp³-hybridized carbons (Fsp3) is 0.333. The number of methoxy groups -OCH3 is 1. The molecule has 1 aliphatic rings. The maximum Gasteiger partial charge on any atom is 0.256 e. The van der Waals surface area contributed by atoms with Crippen LogP contribution in [0.25, 0.3) is 10.9 Å². The second-order valence-electron chi connectivity index (χ2n) is 7.06. The van der Waals surface area contributed by atoms with E-state index in [1.165, 1.54) is 0 Å². The number of fused-ring (bicyclic) bond motifs is 3. The molecule has 0 saturated heterocycles. The Kier molecular flexibility index (Phi) is 5.94. The lowest BCUT2D eigenvalue weighted by atomic mass is 10.0. The second-order valence-corrected chi connectivity index (χ2v) is 7.87. The van der Waals surface area contributed by atoms with Gasteiger partial charge in [-0.25, -0.2) is 4.98 Å². The Bertz CT molecular complexity index is 1090. The zero-order valence-electron chi connectivity index (χ0n) is 16.8. The summed E-state index contributed by atoms with van der Waals surface area (Å²) in [6.07, 6.45) is 0.249. The first kappa shape index (κ1) is 20.6. The van der Waals surface area contributed by atoms with E-state index in [1.54, 1.807) is 24.1 Å². The molecule has 0 bridgehead atoms. The topological polar surface area (TPSA) is 103 Å². The number of nitrogen functional groups attached to an aromatic ring is 1. The minimum absolute atomic E-state index is 0.153. The van der Waals surface area contributed by atoms with Crippen molar-refractivity contribution in [3.63, 3.8) is 0 Å². The van der Waals surface area contributed by atoms with Crippen molar-refractivity contribution in [3.05, 3.63) is 57.3 Å². The fourth-order valence-electron chi connectivity index (χ4n) is 3.69. The van der Waals surface area contributed by atoms with Crippen molar-refractivity contribution in [3.8, 4) is 0 Å². The summed E-state index contributed by atoms with van der Waals surface area (Å²) in [6, 6.07) is 9.08. The largest absolute Gasteiger partial charge is 0.383 e. The Morgan fingerprint density at radius 2 is 2.07 bits per heavy atom. The number of hydrogen-bond acceptors (Lipinski definition) is 7. The van der Waals surface area contributed by atoms with Crippen molar-refractivity contribution in [2.45, 2.75) is 39.3 Å². The normalized spacial score (nSPS) is 14.0. The van der Waals surface area contributed by atoms with Crippen molar-refractivity contribution in [1.82, 2.24) is 20.1 Å². The van der Waals surface area contributed by atoms with Gasteiger partial charge in [-0.15, -0.1) is 5.10 Å². The van der Waals surface area contributed by atoms with E-state index in [2.05, 4.69) is 31.1 Å². The van der Waals surface area contributed by atoms with Crippen LogP contribution in [0.5, 0.6) is 0 Å². The zero-order valence-corrected chi connectivity index (χ0v) is 18.3. The quantitative estimate of drug-likeness (QED) is 0.549. The van der Waals surface area contributed by atoms with Crippen LogP contribution in [-0.4, -0.2) is 39.3 Å². The average molecular weight is 472 g/mol. The van der Waals surface area contributed by atoms with Gasteiger partial charge in [0.05, 0.1) is 31.0 Å². The summed E-state index contributed by atoms with van der Waals surface area (Å²) in [4.78, 5) is 19.6. The predicted octanol–water partition coefficient (Wildman–Crippen LogP) is 3.42. The molecular formula is C21H22BrN5O3. The molecule has 1 aliphatic heterocycles. The molecule has 3 aromatic rings. The van der Waals surface area contributed by atoms with Gasteiger partial charge in [0.25, 0.3) is 5.91 Å². The number of nitrogens with zero attached hydrogens (tertiary/aromatic N) is 4. The highest BCUT2D eigenvalue weighted by molar-refractivity contribution is 9.10. The Morgan fingerprint density at radius 1 is 1.27 bits per heavy atom. The SMILES string of the molecule is CCC(OC)N(Cc1ccc(Br)nn1)C(=O)c1ccc2nc(N)c3c(c2c1)COC3. The Hall–Kier alpha value is -2.62. The van der Waals surface area contributed by atoms with Gasteiger partial charge in [-0.3, -0.25) is 4.79 Å². The van der Waals surface area contributed by atoms with Gasteiger partial charge < -0.3 is 20.1 Å². The van der Waals surface area contributed by atoms with E-state index >= 15 is 0 Å². The molecule has 1 atom stereocenters. The molecule has 2 N–H and O–H groups in total. The zero-order chi connectivity index (χ0) is 21.3. The molecule has 1 amide bonds. The predicted molar refractivity (Wildman–Crippen MR) is 115 cm³/mol. The molecule has 8 nitrogen and oxygen atoms in total. The summed E-state index contributed by atoms with van der Waals surface area (Å²) in [7, 11) is 1.60. The van der Waals surface area contributed by atoms with E-state index in [0.717, 1.165) is 22.0 Å². The van der Waals surface area contributed by atoms with E-state index in [1.807, 2.05) is 25.1 Å². The molecule has 0 saturated carbocycles. The van der Waals surface area contributed by atoms with Crippen LogP contribution in [0.3, 0.4) is 0 Å². The number of amides is 1. The number of nitrogens with two attached hydrogens (primary N) is 1. The van der Waals surface area contributed by atoms with Crippen LogP contribution in [0, 0.1) is 0 Å². The van der Waals surface area contributed by atoms with Crippen LogP contribution < -0.4 is 5.73 Å². The lowest BCUT2D eigenvalue weighted by Gasteiger charge is -2.30. The third kappa shape index (κ3) is 3.88. The van der Waals surface area contributed by atoms with Crippen molar-refractivity contribution in [1.29, 1.82) is 0 Å². The first-order valence-corrected chi connectivity index (χ1v) is 10.4. The molecule has 3 heterocycles. The minimum atomic E-state index is -0.391. The van der Waals surface area contributed by atoms with Gasteiger partial charge in [-0.05, 0) is 58.2 Å². The summed E-state index contributed by atoms with van der Waals surface area (Å²) in [6.45, 7) is 3.16. The number of carbonyl (C=O) groups excluding carboxylic acids is 1. The van der Waals surface area contributed by atoms with Gasteiger partial charge in [0, 0.05) is 23.6 Å². The first-order chi connectivity index (χ1) is 14.5. The van der Waals surface area contributed by atoms with Crippen LogP contribution in [-0.2, 0) is 29.2 Å². The van der Waals surface area contributed by atoms with E-state index in [9.17, 15) is 4.79 Å². The molecule has 156 valence electrons. The third-order valence-electron chi connectivity index (χ3n) is 5.23. The van der Waals surface area contributed by atoms with Crippen LogP contribution >= 0.6 is 15.9 Å². The van der Waals surface area contributed by atoms with Crippen LogP contribution in [0.2, 0.25) is 0 Å². The maximum atomic E-state index is 13.5. The second kappa shape index (κ2) is 8.63. The number of carbonyl (C=O) groups is 1. The van der Waals surface area contributed by atoms with E-state index in [0.29, 0.717) is 41.3 Å². The van der Waals surface area contributed by atoms with Gasteiger partial charge in [-0.1, -0.05) is 6.92 Å². The molecule has 30 heavy (non-hydrogen) atoms. The number of halogens is 1. The molecule has 0 fully saturated rings. The van der Waals surface area contributed by atoms with Crippen LogP contribution in [0.15, 0.2) is 34.9 Å². The number of aromatic nitrogens is 3. The number of hydrogen-bond donors (Lipinski definition) is 1. The van der Waals surface area contributed by atoms with Gasteiger partial charge in [0.2, 0.25) is 0 Å². The van der Waals surface area contributed by atoms with Crippen molar-refractivity contribution >= 4 is 38.6 Å². The lowest BCUT2D eigenvalue weighted by Crippen LogP contribution is -2.41. The number of benzene rings is 1. The summed E-state index contributed by atoms with van der Waals surface area (Å²) in [5, 5.41) is 9.07. The molecule has 4 rings (SSSR count). The molecular weight excluding hydrogens is 450 g/mol.